The lowest BCUT2D eigenvalue weighted by atomic mass is 9.88. The van der Waals surface area contributed by atoms with E-state index in [1.54, 1.807) is 0 Å². The molecule has 2 N–H and O–H groups in total. The van der Waals surface area contributed by atoms with Crippen molar-refractivity contribution in [1.29, 1.82) is 0 Å². The Hall–Kier alpha value is -1.38. The average molecular weight is 299 g/mol. The van der Waals surface area contributed by atoms with Gasteiger partial charge in [-0.25, -0.2) is 0 Å². The molecule has 0 bridgehead atoms. The molecule has 0 saturated heterocycles. The van der Waals surface area contributed by atoms with E-state index in [1.807, 2.05) is 24.3 Å². The molecule has 22 heavy (non-hydrogen) atoms. The molecule has 1 aliphatic carbocycles. The van der Waals surface area contributed by atoms with Crippen molar-refractivity contribution in [2.24, 2.45) is 5.92 Å². The molecule has 0 unspecified atom stereocenters. The van der Waals surface area contributed by atoms with E-state index in [1.165, 1.54) is 32.1 Å². The minimum Gasteiger partial charge on any atom is -0.394 e. The molecule has 2 nitrogen and oxygen atoms in total. The molecule has 0 spiro atoms. The predicted octanol–water partition coefficient (Wildman–Crippen LogP) is 4.39. The van der Waals surface area contributed by atoms with Crippen molar-refractivity contribution in [3.63, 3.8) is 0 Å². The van der Waals surface area contributed by atoms with E-state index in [0.717, 1.165) is 17.9 Å². The van der Waals surface area contributed by atoms with Gasteiger partial charge in [-0.1, -0.05) is 67.8 Å². The minimum absolute atomic E-state index is 0.0258. The highest BCUT2D eigenvalue weighted by atomic mass is 16.3. The molecule has 0 heterocycles. The molecule has 2 atom stereocenters. The standard InChI is InChI=1S/C20H29NO/c1-2-9-19(15-14-17-10-5-3-6-11-17)21-20(16-22)18-12-7-4-8-13-18/h2,4,7-8,12-15,17,19-22H,1,3,5-6,9-11,16H2/b15-14+/t19-,20+/m0/s1. The third kappa shape index (κ3) is 5.43. The van der Waals surface area contributed by atoms with Crippen molar-refractivity contribution in [1.82, 2.24) is 5.32 Å². The summed E-state index contributed by atoms with van der Waals surface area (Å²) in [5.41, 5.74) is 1.13. The van der Waals surface area contributed by atoms with Crippen LogP contribution in [0.4, 0.5) is 0 Å². The summed E-state index contributed by atoms with van der Waals surface area (Å²) in [6.45, 7) is 3.97. The first kappa shape index (κ1) is 17.0. The lowest BCUT2D eigenvalue weighted by Crippen LogP contribution is -2.33. The second-order valence-corrected chi connectivity index (χ2v) is 6.23. The molecule has 1 saturated carbocycles. The Bertz CT molecular complexity index is 448. The largest absolute Gasteiger partial charge is 0.394 e. The molecule has 0 radical (unpaired) electrons. The van der Waals surface area contributed by atoms with Crippen LogP contribution in [-0.4, -0.2) is 17.8 Å². The van der Waals surface area contributed by atoms with Crippen LogP contribution < -0.4 is 5.32 Å². The van der Waals surface area contributed by atoms with Gasteiger partial charge < -0.3 is 10.4 Å². The Labute approximate surface area is 134 Å². The van der Waals surface area contributed by atoms with E-state index in [2.05, 4.69) is 36.2 Å². The lowest BCUT2D eigenvalue weighted by Gasteiger charge is -2.23. The van der Waals surface area contributed by atoms with Gasteiger partial charge in [0.2, 0.25) is 0 Å². The highest BCUT2D eigenvalue weighted by molar-refractivity contribution is 5.19. The normalized spacial score (nSPS) is 19.1. The van der Waals surface area contributed by atoms with Crippen molar-refractivity contribution >= 4 is 0 Å². The van der Waals surface area contributed by atoms with Crippen molar-refractivity contribution < 1.29 is 5.11 Å². The predicted molar refractivity (Wildman–Crippen MR) is 93.7 cm³/mol. The Morgan fingerprint density at radius 3 is 2.55 bits per heavy atom. The van der Waals surface area contributed by atoms with Gasteiger partial charge in [-0.2, -0.15) is 0 Å². The number of hydrogen-bond acceptors (Lipinski definition) is 2. The fourth-order valence-corrected chi connectivity index (χ4v) is 3.20. The summed E-state index contributed by atoms with van der Waals surface area (Å²) < 4.78 is 0. The summed E-state index contributed by atoms with van der Waals surface area (Å²) in [6, 6.07) is 10.4. The van der Waals surface area contributed by atoms with Gasteiger partial charge in [0, 0.05) is 6.04 Å². The van der Waals surface area contributed by atoms with Crippen LogP contribution >= 0.6 is 0 Å². The van der Waals surface area contributed by atoms with Gasteiger partial charge in [0.05, 0.1) is 12.6 Å². The van der Waals surface area contributed by atoms with Gasteiger partial charge in [0.1, 0.15) is 0 Å². The van der Waals surface area contributed by atoms with Crippen LogP contribution in [0.5, 0.6) is 0 Å². The first-order chi connectivity index (χ1) is 10.8. The van der Waals surface area contributed by atoms with Crippen molar-refractivity contribution in [3.05, 3.63) is 60.7 Å². The van der Waals surface area contributed by atoms with Crippen LogP contribution in [0.25, 0.3) is 0 Å². The van der Waals surface area contributed by atoms with Crippen LogP contribution in [0.15, 0.2) is 55.1 Å². The van der Waals surface area contributed by atoms with E-state index in [-0.39, 0.29) is 18.7 Å². The smallest absolute Gasteiger partial charge is 0.0626 e. The highest BCUT2D eigenvalue weighted by Gasteiger charge is 2.15. The van der Waals surface area contributed by atoms with Crippen molar-refractivity contribution in [3.8, 4) is 0 Å². The maximum atomic E-state index is 9.70. The molecule has 0 aromatic heterocycles. The molecule has 1 aromatic rings. The third-order valence-electron chi connectivity index (χ3n) is 4.49. The van der Waals surface area contributed by atoms with Gasteiger partial charge in [0.25, 0.3) is 0 Å². The van der Waals surface area contributed by atoms with Gasteiger partial charge in [-0.3, -0.25) is 0 Å². The summed E-state index contributed by atoms with van der Waals surface area (Å²) >= 11 is 0. The molecule has 0 amide bonds. The monoisotopic (exact) mass is 299 g/mol. The molecule has 0 aliphatic heterocycles. The number of aliphatic hydroxyl groups excluding tert-OH is 1. The Balaban J connectivity index is 1.97. The van der Waals surface area contributed by atoms with Gasteiger partial charge in [0.15, 0.2) is 0 Å². The Morgan fingerprint density at radius 1 is 1.18 bits per heavy atom. The summed E-state index contributed by atoms with van der Waals surface area (Å²) in [5.74, 6) is 0.729. The number of nitrogens with one attached hydrogen (secondary N) is 1. The number of aliphatic hydroxyl groups is 1. The number of allylic oxidation sites excluding steroid dienone is 1. The second kappa shape index (κ2) is 9.60. The minimum atomic E-state index is -0.0258. The van der Waals surface area contributed by atoms with Crippen LogP contribution in [-0.2, 0) is 0 Å². The summed E-state index contributed by atoms with van der Waals surface area (Å²) in [5, 5.41) is 13.3. The first-order valence-corrected chi connectivity index (χ1v) is 8.54. The zero-order valence-electron chi connectivity index (χ0n) is 13.5. The lowest BCUT2D eigenvalue weighted by molar-refractivity contribution is 0.238. The van der Waals surface area contributed by atoms with Crippen LogP contribution in [0.1, 0.15) is 50.1 Å². The van der Waals surface area contributed by atoms with Crippen LogP contribution in [0, 0.1) is 5.92 Å². The van der Waals surface area contributed by atoms with E-state index in [9.17, 15) is 5.11 Å². The molecule has 2 heteroatoms. The first-order valence-electron chi connectivity index (χ1n) is 8.54. The molecule has 1 aliphatic rings. The summed E-state index contributed by atoms with van der Waals surface area (Å²) in [4.78, 5) is 0. The average Bonchev–Trinajstić information content (AvgIpc) is 2.59. The Kier molecular flexibility index (Phi) is 7.41. The summed E-state index contributed by atoms with van der Waals surface area (Å²) in [7, 11) is 0. The number of hydrogen-bond donors (Lipinski definition) is 2. The third-order valence-corrected chi connectivity index (χ3v) is 4.49. The van der Waals surface area contributed by atoms with Gasteiger partial charge in [-0.05, 0) is 30.7 Å². The molecule has 120 valence electrons. The van der Waals surface area contributed by atoms with E-state index >= 15 is 0 Å². The van der Waals surface area contributed by atoms with E-state index < -0.39 is 0 Å². The van der Waals surface area contributed by atoms with E-state index in [4.69, 9.17) is 0 Å². The molecular formula is C20H29NO. The molecule has 1 aromatic carbocycles. The quantitative estimate of drug-likeness (QED) is 0.698. The molecular weight excluding hydrogens is 270 g/mol. The summed E-state index contributed by atoms with van der Waals surface area (Å²) in [6.07, 6.45) is 14.2. The van der Waals surface area contributed by atoms with Gasteiger partial charge >= 0.3 is 0 Å². The zero-order valence-corrected chi connectivity index (χ0v) is 13.5. The molecule has 1 fully saturated rings. The fourth-order valence-electron chi connectivity index (χ4n) is 3.20. The fraction of sp³-hybridized carbons (Fsp3) is 0.500. The highest BCUT2D eigenvalue weighted by Crippen LogP contribution is 2.25. The topological polar surface area (TPSA) is 32.3 Å². The van der Waals surface area contributed by atoms with Gasteiger partial charge in [-0.15, -0.1) is 6.58 Å². The number of rotatable bonds is 8. The van der Waals surface area contributed by atoms with Crippen LogP contribution in [0.2, 0.25) is 0 Å². The van der Waals surface area contributed by atoms with Crippen molar-refractivity contribution in [2.75, 3.05) is 6.61 Å². The SMILES string of the molecule is C=CC[C@@H](/C=C/C1CCCCC1)N[C@H](CO)c1ccccc1. The van der Waals surface area contributed by atoms with Crippen molar-refractivity contribution in [2.45, 2.75) is 50.6 Å². The number of benzene rings is 1. The second-order valence-electron chi connectivity index (χ2n) is 6.23. The van der Waals surface area contributed by atoms with Crippen LogP contribution in [0.3, 0.4) is 0 Å². The molecule has 2 rings (SSSR count). The maximum Gasteiger partial charge on any atom is 0.0626 e. The zero-order chi connectivity index (χ0) is 15.6. The maximum absolute atomic E-state index is 9.70. The Morgan fingerprint density at radius 2 is 1.91 bits per heavy atom. The van der Waals surface area contributed by atoms with E-state index in [0.29, 0.717) is 0 Å².